The molecule has 0 unspecified atom stereocenters. The van der Waals surface area contributed by atoms with E-state index in [-0.39, 0.29) is 5.91 Å². The molecule has 0 bridgehead atoms. The summed E-state index contributed by atoms with van der Waals surface area (Å²) < 4.78 is 3.65. The zero-order chi connectivity index (χ0) is 20.5. The van der Waals surface area contributed by atoms with E-state index in [4.69, 9.17) is 0 Å². The zero-order valence-corrected chi connectivity index (χ0v) is 16.7. The number of piperazine rings is 1. The number of benzene rings is 1. The average Bonchev–Trinajstić information content (AvgIpc) is 3.43. The van der Waals surface area contributed by atoms with Crippen molar-refractivity contribution in [2.24, 2.45) is 7.05 Å². The average molecular weight is 402 g/mol. The fourth-order valence-corrected chi connectivity index (χ4v) is 3.96. The Kier molecular flexibility index (Phi) is 4.62. The molecule has 1 aromatic carbocycles. The lowest BCUT2D eigenvalue weighted by Gasteiger charge is -2.35. The van der Waals surface area contributed by atoms with Gasteiger partial charge in [0, 0.05) is 50.3 Å². The molecule has 152 valence electrons. The first-order valence-electron chi connectivity index (χ1n) is 9.93. The third-order valence-electron chi connectivity index (χ3n) is 5.57. The lowest BCUT2D eigenvalue weighted by molar-refractivity contribution is -0.130. The highest BCUT2D eigenvalue weighted by Gasteiger charge is 2.23. The van der Waals surface area contributed by atoms with Crippen molar-refractivity contribution < 1.29 is 4.79 Å². The van der Waals surface area contributed by atoms with E-state index >= 15 is 0 Å². The van der Waals surface area contributed by atoms with Gasteiger partial charge in [0.15, 0.2) is 11.6 Å². The van der Waals surface area contributed by atoms with Crippen LogP contribution in [-0.2, 0) is 18.3 Å². The standard InChI is InChI=1S/C21H22N8O/c1-26-13-16(17-4-2-3-5-18(17)26)12-21(30)28-10-8-27(9-11-28)19-6-7-20(25-24-19)29-15-22-14-23-29/h2-7,13-15H,8-12H2,1H3. The van der Waals surface area contributed by atoms with E-state index < -0.39 is 0 Å². The summed E-state index contributed by atoms with van der Waals surface area (Å²) in [6.45, 7) is 2.82. The van der Waals surface area contributed by atoms with Crippen LogP contribution in [0.4, 0.5) is 5.82 Å². The first-order chi connectivity index (χ1) is 14.7. The smallest absolute Gasteiger partial charge is 0.227 e. The van der Waals surface area contributed by atoms with E-state index in [9.17, 15) is 4.79 Å². The van der Waals surface area contributed by atoms with Crippen LogP contribution in [-0.4, -0.2) is 66.5 Å². The predicted octanol–water partition coefficient (Wildman–Crippen LogP) is 1.44. The number of carbonyl (C=O) groups excluding carboxylic acids is 1. The fraction of sp³-hybridized carbons (Fsp3) is 0.286. The number of amides is 1. The SMILES string of the molecule is Cn1cc(CC(=O)N2CCN(c3ccc(-n4cncn4)nn3)CC2)c2ccccc21. The molecule has 0 spiro atoms. The summed E-state index contributed by atoms with van der Waals surface area (Å²) in [5.41, 5.74) is 2.23. The summed E-state index contributed by atoms with van der Waals surface area (Å²) in [5.74, 6) is 1.60. The Balaban J connectivity index is 1.22. The normalized spacial score (nSPS) is 14.4. The minimum absolute atomic E-state index is 0.165. The zero-order valence-electron chi connectivity index (χ0n) is 16.7. The van der Waals surface area contributed by atoms with Gasteiger partial charge in [-0.15, -0.1) is 10.2 Å². The van der Waals surface area contributed by atoms with E-state index in [0.29, 0.717) is 25.3 Å². The molecule has 3 aromatic heterocycles. The molecule has 0 saturated carbocycles. The number of hydrogen-bond donors (Lipinski definition) is 0. The van der Waals surface area contributed by atoms with Crippen LogP contribution < -0.4 is 4.90 Å². The number of hydrogen-bond acceptors (Lipinski definition) is 6. The summed E-state index contributed by atoms with van der Waals surface area (Å²) in [7, 11) is 2.02. The highest BCUT2D eigenvalue weighted by Crippen LogP contribution is 2.22. The van der Waals surface area contributed by atoms with Crippen molar-refractivity contribution in [2.45, 2.75) is 6.42 Å². The number of para-hydroxylation sites is 1. The summed E-state index contributed by atoms with van der Waals surface area (Å²) in [6.07, 6.45) is 5.53. The van der Waals surface area contributed by atoms with Crippen LogP contribution in [0.5, 0.6) is 0 Å². The Bertz CT molecular complexity index is 1160. The molecule has 1 amide bonds. The number of aryl methyl sites for hydroxylation is 1. The Labute approximate surface area is 173 Å². The van der Waals surface area contributed by atoms with Gasteiger partial charge in [-0.05, 0) is 23.8 Å². The van der Waals surface area contributed by atoms with Gasteiger partial charge in [0.25, 0.3) is 0 Å². The van der Waals surface area contributed by atoms with Crippen LogP contribution in [0.25, 0.3) is 16.7 Å². The minimum atomic E-state index is 0.165. The van der Waals surface area contributed by atoms with Gasteiger partial charge in [0.05, 0.1) is 6.42 Å². The molecule has 9 heteroatoms. The second-order valence-electron chi connectivity index (χ2n) is 7.42. The number of anilines is 1. The minimum Gasteiger partial charge on any atom is -0.352 e. The van der Waals surface area contributed by atoms with Crippen molar-refractivity contribution in [2.75, 3.05) is 31.1 Å². The molecule has 30 heavy (non-hydrogen) atoms. The van der Waals surface area contributed by atoms with Crippen molar-refractivity contribution in [3.05, 3.63) is 60.8 Å². The van der Waals surface area contributed by atoms with Crippen molar-refractivity contribution in [3.63, 3.8) is 0 Å². The topological polar surface area (TPSA) is 85.0 Å². The number of carbonyl (C=O) groups is 1. The highest BCUT2D eigenvalue weighted by atomic mass is 16.2. The van der Waals surface area contributed by atoms with Crippen LogP contribution in [0.15, 0.2) is 55.2 Å². The molecule has 0 radical (unpaired) electrons. The molecule has 5 rings (SSSR count). The Hall–Kier alpha value is -3.75. The number of aromatic nitrogens is 6. The molecule has 0 atom stereocenters. The Morgan fingerprint density at radius 1 is 1.00 bits per heavy atom. The van der Waals surface area contributed by atoms with Gasteiger partial charge in [-0.2, -0.15) is 5.10 Å². The van der Waals surface area contributed by atoms with Crippen molar-refractivity contribution in [1.29, 1.82) is 0 Å². The lowest BCUT2D eigenvalue weighted by atomic mass is 10.1. The third kappa shape index (κ3) is 3.38. The van der Waals surface area contributed by atoms with Crippen LogP contribution in [0.1, 0.15) is 5.56 Å². The molecule has 0 aliphatic carbocycles. The second kappa shape index (κ2) is 7.58. The molecule has 1 fully saturated rings. The van der Waals surface area contributed by atoms with Crippen molar-refractivity contribution >= 4 is 22.6 Å². The summed E-state index contributed by atoms with van der Waals surface area (Å²) >= 11 is 0. The predicted molar refractivity (Wildman–Crippen MR) is 112 cm³/mol. The Morgan fingerprint density at radius 2 is 1.77 bits per heavy atom. The maximum absolute atomic E-state index is 12.9. The van der Waals surface area contributed by atoms with Gasteiger partial charge in [-0.3, -0.25) is 4.79 Å². The fourth-order valence-electron chi connectivity index (χ4n) is 3.96. The molecule has 1 aliphatic rings. The van der Waals surface area contributed by atoms with Crippen molar-refractivity contribution in [1.82, 2.24) is 34.4 Å². The van der Waals surface area contributed by atoms with E-state index in [2.05, 4.69) is 48.1 Å². The van der Waals surface area contributed by atoms with Crippen LogP contribution in [0.3, 0.4) is 0 Å². The largest absolute Gasteiger partial charge is 0.352 e. The molecular weight excluding hydrogens is 380 g/mol. The summed E-state index contributed by atoms with van der Waals surface area (Å²) in [5, 5.41) is 13.7. The summed E-state index contributed by atoms with van der Waals surface area (Å²) in [6, 6.07) is 12.0. The quantitative estimate of drug-likeness (QED) is 0.514. The van der Waals surface area contributed by atoms with E-state index in [1.807, 2.05) is 36.2 Å². The number of rotatable bonds is 4. The monoisotopic (exact) mass is 402 g/mol. The highest BCUT2D eigenvalue weighted by molar-refractivity contribution is 5.89. The second-order valence-corrected chi connectivity index (χ2v) is 7.42. The Morgan fingerprint density at radius 3 is 2.50 bits per heavy atom. The number of nitrogens with zero attached hydrogens (tertiary/aromatic N) is 8. The maximum Gasteiger partial charge on any atom is 0.227 e. The lowest BCUT2D eigenvalue weighted by Crippen LogP contribution is -2.49. The molecule has 0 N–H and O–H groups in total. The first kappa shape index (κ1) is 18.3. The van der Waals surface area contributed by atoms with Gasteiger partial charge in [0.2, 0.25) is 5.91 Å². The third-order valence-corrected chi connectivity index (χ3v) is 5.57. The van der Waals surface area contributed by atoms with Gasteiger partial charge in [-0.25, -0.2) is 9.67 Å². The first-order valence-corrected chi connectivity index (χ1v) is 9.93. The van der Waals surface area contributed by atoms with E-state index in [0.717, 1.165) is 35.4 Å². The van der Waals surface area contributed by atoms with Crippen LogP contribution in [0, 0.1) is 0 Å². The maximum atomic E-state index is 12.9. The van der Waals surface area contributed by atoms with Gasteiger partial charge in [-0.1, -0.05) is 18.2 Å². The van der Waals surface area contributed by atoms with Gasteiger partial charge in [0.1, 0.15) is 12.7 Å². The van der Waals surface area contributed by atoms with E-state index in [1.165, 1.54) is 6.33 Å². The summed E-state index contributed by atoms with van der Waals surface area (Å²) in [4.78, 5) is 20.9. The van der Waals surface area contributed by atoms with E-state index in [1.54, 1.807) is 11.0 Å². The number of fused-ring (bicyclic) bond motifs is 1. The van der Waals surface area contributed by atoms with Crippen LogP contribution in [0.2, 0.25) is 0 Å². The molecule has 9 nitrogen and oxygen atoms in total. The molecule has 4 aromatic rings. The van der Waals surface area contributed by atoms with Crippen molar-refractivity contribution in [3.8, 4) is 5.82 Å². The van der Waals surface area contributed by atoms with Gasteiger partial charge >= 0.3 is 0 Å². The molecule has 1 saturated heterocycles. The van der Waals surface area contributed by atoms with Gasteiger partial charge < -0.3 is 14.4 Å². The molecule has 4 heterocycles. The molecular formula is C21H22N8O. The molecule has 1 aliphatic heterocycles. The van der Waals surface area contributed by atoms with Crippen LogP contribution >= 0.6 is 0 Å².